The molecule has 0 spiro atoms. The van der Waals surface area contributed by atoms with Crippen molar-refractivity contribution in [2.24, 2.45) is 0 Å². The third-order valence-corrected chi connectivity index (χ3v) is 1.70. The molecule has 0 saturated carbocycles. The molecular formula is C3H6F3Si. The summed E-state index contributed by atoms with van der Waals surface area (Å²) in [5.41, 5.74) is 0. The number of alkyl halides is 3. The molecule has 0 aromatic carbocycles. The quantitative estimate of drug-likeness (QED) is 0.435. The molecule has 0 aliphatic rings. The summed E-state index contributed by atoms with van der Waals surface area (Å²) in [5, 5.41) is 0. The highest BCUT2D eigenvalue weighted by Crippen LogP contribution is 2.17. The molecule has 0 fully saturated rings. The van der Waals surface area contributed by atoms with Crippen molar-refractivity contribution < 1.29 is 13.2 Å². The maximum absolute atomic E-state index is 11.2. The van der Waals surface area contributed by atoms with Crippen molar-refractivity contribution in [1.29, 1.82) is 0 Å². The molecule has 0 heterocycles. The molecule has 0 aliphatic carbocycles. The van der Waals surface area contributed by atoms with Gasteiger partial charge in [-0.05, 0) is 0 Å². The second kappa shape index (κ2) is 1.86. The summed E-state index contributed by atoms with van der Waals surface area (Å²) in [5.74, 6) is -3.90. The van der Waals surface area contributed by atoms with E-state index in [2.05, 4.69) is 0 Å². The summed E-state index contributed by atoms with van der Waals surface area (Å²) in [6.45, 7) is 2.45. The molecule has 0 aliphatic heterocycles. The zero-order valence-electron chi connectivity index (χ0n) is 4.13. The first kappa shape index (κ1) is 7.01. The van der Waals surface area contributed by atoms with Gasteiger partial charge in [-0.3, -0.25) is 0 Å². The number of rotatable bonds is 0. The Bertz CT molecular complexity index is 55.7. The van der Waals surface area contributed by atoms with Gasteiger partial charge in [0, 0.05) is 0 Å². The Labute approximate surface area is 41.9 Å². The molecule has 0 atom stereocenters. The minimum absolute atomic E-state index is 1.23. The van der Waals surface area contributed by atoms with Gasteiger partial charge in [0.15, 0.2) is 8.80 Å². The highest BCUT2D eigenvalue weighted by molar-refractivity contribution is 6.57. The first-order valence-corrected chi connectivity index (χ1v) is 4.32. The van der Waals surface area contributed by atoms with Crippen LogP contribution in [-0.4, -0.2) is 14.6 Å². The normalized spacial score (nSPS) is 12.9. The summed E-state index contributed by atoms with van der Waals surface area (Å²) >= 11 is 0. The van der Waals surface area contributed by atoms with E-state index < -0.39 is 14.6 Å². The van der Waals surface area contributed by atoms with E-state index in [-0.39, 0.29) is 0 Å². The maximum Gasteiger partial charge on any atom is 0.359 e. The summed E-state index contributed by atoms with van der Waals surface area (Å²) in [7, 11) is -2.05. The number of halogens is 3. The molecular weight excluding hydrogens is 121 g/mol. The van der Waals surface area contributed by atoms with E-state index in [4.69, 9.17) is 0 Å². The molecule has 0 aromatic heterocycles. The van der Waals surface area contributed by atoms with Crippen LogP contribution in [-0.2, 0) is 0 Å². The van der Waals surface area contributed by atoms with E-state index in [1.807, 2.05) is 0 Å². The Morgan fingerprint density at radius 1 is 1.14 bits per heavy atom. The van der Waals surface area contributed by atoms with Crippen LogP contribution in [0.5, 0.6) is 0 Å². The zero-order chi connectivity index (χ0) is 6.08. The van der Waals surface area contributed by atoms with Crippen molar-refractivity contribution in [3.63, 3.8) is 0 Å². The topological polar surface area (TPSA) is 0 Å². The van der Waals surface area contributed by atoms with Gasteiger partial charge in [-0.15, -0.1) is 0 Å². The lowest BCUT2D eigenvalue weighted by Crippen LogP contribution is -2.26. The van der Waals surface area contributed by atoms with Crippen LogP contribution >= 0.6 is 0 Å². The second-order valence-electron chi connectivity index (χ2n) is 1.50. The minimum Gasteiger partial charge on any atom is -0.177 e. The lowest BCUT2D eigenvalue weighted by atomic mass is 11.5. The standard InChI is InChI=1S/C3H6F3Si/c1-7(2)3(4,5)6/h1-2H3. The van der Waals surface area contributed by atoms with E-state index >= 15 is 0 Å². The summed E-state index contributed by atoms with van der Waals surface area (Å²) in [6.07, 6.45) is 0. The summed E-state index contributed by atoms with van der Waals surface area (Å²) in [4.78, 5) is 0. The van der Waals surface area contributed by atoms with Crippen LogP contribution in [0.25, 0.3) is 0 Å². The van der Waals surface area contributed by atoms with Gasteiger partial charge in [-0.25, -0.2) is 0 Å². The van der Waals surface area contributed by atoms with E-state index in [1.54, 1.807) is 0 Å². The summed E-state index contributed by atoms with van der Waals surface area (Å²) in [6, 6.07) is 0. The fourth-order valence-corrected chi connectivity index (χ4v) is 0. The van der Waals surface area contributed by atoms with Gasteiger partial charge in [0.25, 0.3) is 0 Å². The number of hydrogen-bond donors (Lipinski definition) is 0. The van der Waals surface area contributed by atoms with Gasteiger partial charge in [0.1, 0.15) is 0 Å². The largest absolute Gasteiger partial charge is 0.359 e. The molecule has 4 heteroatoms. The monoisotopic (exact) mass is 127 g/mol. The van der Waals surface area contributed by atoms with Crippen molar-refractivity contribution >= 4 is 8.80 Å². The highest BCUT2D eigenvalue weighted by atomic mass is 28.3. The van der Waals surface area contributed by atoms with E-state index in [0.29, 0.717) is 0 Å². The fourth-order valence-electron chi connectivity index (χ4n) is 0. The zero-order valence-corrected chi connectivity index (χ0v) is 5.13. The van der Waals surface area contributed by atoms with E-state index in [9.17, 15) is 13.2 Å². The molecule has 0 unspecified atom stereocenters. The molecule has 0 N–H and O–H groups in total. The summed E-state index contributed by atoms with van der Waals surface area (Å²) < 4.78 is 33.7. The van der Waals surface area contributed by atoms with Crippen molar-refractivity contribution in [3.8, 4) is 0 Å². The van der Waals surface area contributed by atoms with Crippen LogP contribution in [0.4, 0.5) is 13.2 Å². The Morgan fingerprint density at radius 2 is 1.29 bits per heavy atom. The smallest absolute Gasteiger partial charge is 0.177 e. The Morgan fingerprint density at radius 3 is 1.29 bits per heavy atom. The predicted octanol–water partition coefficient (Wildman–Crippen LogP) is 1.84. The third-order valence-electron chi connectivity index (χ3n) is 0.567. The molecule has 0 nitrogen and oxygen atoms in total. The average Bonchev–Trinajstić information content (AvgIpc) is 1.31. The van der Waals surface area contributed by atoms with Gasteiger partial charge in [0.05, 0.1) is 0 Å². The Kier molecular flexibility index (Phi) is 1.86. The molecule has 43 valence electrons. The first-order valence-electron chi connectivity index (χ1n) is 1.82. The molecule has 7 heavy (non-hydrogen) atoms. The lowest BCUT2D eigenvalue weighted by Gasteiger charge is -2.05. The van der Waals surface area contributed by atoms with Crippen LogP contribution < -0.4 is 0 Å². The predicted molar refractivity (Wildman–Crippen MR) is 23.5 cm³/mol. The van der Waals surface area contributed by atoms with Crippen molar-refractivity contribution in [1.82, 2.24) is 0 Å². The van der Waals surface area contributed by atoms with E-state index in [0.717, 1.165) is 0 Å². The van der Waals surface area contributed by atoms with Crippen molar-refractivity contribution in [2.45, 2.75) is 18.9 Å². The van der Waals surface area contributed by atoms with Crippen LogP contribution in [0.1, 0.15) is 0 Å². The van der Waals surface area contributed by atoms with Gasteiger partial charge in [0.2, 0.25) is 0 Å². The molecule has 0 amide bonds. The SMILES string of the molecule is C[Si](C)C(F)(F)F. The van der Waals surface area contributed by atoms with Crippen LogP contribution in [0.15, 0.2) is 0 Å². The van der Waals surface area contributed by atoms with Gasteiger partial charge >= 0.3 is 5.80 Å². The van der Waals surface area contributed by atoms with Crippen molar-refractivity contribution in [3.05, 3.63) is 0 Å². The first-order chi connectivity index (χ1) is 2.94. The van der Waals surface area contributed by atoms with Gasteiger partial charge in [-0.2, -0.15) is 13.2 Å². The maximum atomic E-state index is 11.2. The molecule has 0 aromatic rings. The second-order valence-corrected chi connectivity index (χ2v) is 4.06. The Hall–Kier alpha value is 0.00688. The average molecular weight is 127 g/mol. The molecule has 0 saturated heterocycles. The fraction of sp³-hybridized carbons (Fsp3) is 1.00. The van der Waals surface area contributed by atoms with E-state index in [1.165, 1.54) is 13.1 Å². The molecule has 0 rings (SSSR count). The van der Waals surface area contributed by atoms with Crippen molar-refractivity contribution in [2.75, 3.05) is 0 Å². The third kappa shape index (κ3) is 2.67. The van der Waals surface area contributed by atoms with Gasteiger partial charge in [-0.1, -0.05) is 13.1 Å². The highest BCUT2D eigenvalue weighted by Gasteiger charge is 2.33. The molecule has 0 bridgehead atoms. The Balaban J connectivity index is 3.54. The van der Waals surface area contributed by atoms with Crippen LogP contribution in [0.2, 0.25) is 13.1 Å². The minimum atomic E-state index is -3.90. The van der Waals surface area contributed by atoms with Crippen LogP contribution in [0.3, 0.4) is 0 Å². The van der Waals surface area contributed by atoms with Crippen LogP contribution in [0, 0.1) is 0 Å². The molecule has 1 radical (unpaired) electrons. The number of hydrogen-bond acceptors (Lipinski definition) is 0. The van der Waals surface area contributed by atoms with Gasteiger partial charge < -0.3 is 0 Å². The lowest BCUT2D eigenvalue weighted by molar-refractivity contribution is -0.0505.